The van der Waals surface area contributed by atoms with Gasteiger partial charge in [-0.3, -0.25) is 0 Å². The first-order valence-corrected chi connectivity index (χ1v) is 11.8. The topological polar surface area (TPSA) is 74.6 Å². The van der Waals surface area contributed by atoms with E-state index in [2.05, 4.69) is 27.7 Å². The van der Waals surface area contributed by atoms with Crippen molar-refractivity contribution in [2.45, 2.75) is 105 Å². The van der Waals surface area contributed by atoms with Crippen molar-refractivity contribution in [2.24, 2.45) is 11.8 Å². The van der Waals surface area contributed by atoms with E-state index in [1.165, 1.54) is 38.2 Å². The number of unbranched alkanes of at least 4 members (excludes halogenated alkanes) is 6. The van der Waals surface area contributed by atoms with Crippen molar-refractivity contribution in [3.63, 3.8) is 0 Å². The number of carboxylic acid groups (broad SMARTS) is 2. The number of carbonyl (C=O) groups is 2. The lowest BCUT2D eigenvalue weighted by molar-refractivity contribution is 0.0650. The van der Waals surface area contributed by atoms with Crippen LogP contribution in [-0.2, 0) is 12.8 Å². The highest BCUT2D eigenvalue weighted by atomic mass is 16.4. The van der Waals surface area contributed by atoms with E-state index in [1.54, 1.807) is 0 Å². The molecule has 4 nitrogen and oxygen atoms in total. The van der Waals surface area contributed by atoms with Gasteiger partial charge in [0.1, 0.15) is 0 Å². The molecule has 1 aromatic rings. The third-order valence-electron chi connectivity index (χ3n) is 5.79. The second kappa shape index (κ2) is 14.2. The Kier molecular flexibility index (Phi) is 12.4. The summed E-state index contributed by atoms with van der Waals surface area (Å²) in [7, 11) is 0. The van der Waals surface area contributed by atoms with E-state index in [0.717, 1.165) is 55.6 Å². The molecule has 30 heavy (non-hydrogen) atoms. The van der Waals surface area contributed by atoms with Crippen LogP contribution in [0.5, 0.6) is 0 Å². The number of benzene rings is 1. The van der Waals surface area contributed by atoms with E-state index in [4.69, 9.17) is 0 Å². The molecule has 0 spiro atoms. The molecule has 0 saturated carbocycles. The monoisotopic (exact) mass is 418 g/mol. The van der Waals surface area contributed by atoms with Gasteiger partial charge in [-0.1, -0.05) is 85.1 Å². The predicted molar refractivity (Wildman–Crippen MR) is 124 cm³/mol. The summed E-state index contributed by atoms with van der Waals surface area (Å²) in [6, 6.07) is 3.32. The Bertz CT molecular complexity index is 661. The van der Waals surface area contributed by atoms with Gasteiger partial charge in [0.05, 0.1) is 11.1 Å². The van der Waals surface area contributed by atoms with Gasteiger partial charge in [0.15, 0.2) is 0 Å². The minimum absolute atomic E-state index is 0.00184. The van der Waals surface area contributed by atoms with Crippen LogP contribution in [0, 0.1) is 11.8 Å². The van der Waals surface area contributed by atoms with Gasteiger partial charge in [-0.25, -0.2) is 9.59 Å². The first-order valence-electron chi connectivity index (χ1n) is 11.8. The summed E-state index contributed by atoms with van der Waals surface area (Å²) in [5.74, 6) is -0.841. The fourth-order valence-electron chi connectivity index (χ4n) is 4.06. The highest BCUT2D eigenvalue weighted by Gasteiger charge is 2.22. The molecule has 0 radical (unpaired) electrons. The normalized spacial score (nSPS) is 11.4. The number of hydrogen-bond donors (Lipinski definition) is 2. The molecule has 0 aromatic heterocycles. The van der Waals surface area contributed by atoms with Crippen molar-refractivity contribution < 1.29 is 19.8 Å². The molecular weight excluding hydrogens is 376 g/mol. The third-order valence-corrected chi connectivity index (χ3v) is 5.79. The number of rotatable bonds is 16. The zero-order valence-electron chi connectivity index (χ0n) is 19.5. The Labute approximate surface area is 183 Å². The molecule has 0 saturated heterocycles. The van der Waals surface area contributed by atoms with Crippen LogP contribution < -0.4 is 0 Å². The maximum Gasteiger partial charge on any atom is 0.336 e. The van der Waals surface area contributed by atoms with Crippen LogP contribution in [0.15, 0.2) is 12.1 Å². The highest BCUT2D eigenvalue weighted by molar-refractivity contribution is 6.03. The van der Waals surface area contributed by atoms with E-state index in [-0.39, 0.29) is 11.1 Å². The van der Waals surface area contributed by atoms with Gasteiger partial charge in [0.25, 0.3) is 0 Å². The summed E-state index contributed by atoms with van der Waals surface area (Å²) in [6.45, 7) is 8.94. The summed E-state index contributed by atoms with van der Waals surface area (Å²) in [5.41, 5.74) is 1.68. The number of aryl methyl sites for hydroxylation is 1. The Morgan fingerprint density at radius 3 is 1.73 bits per heavy atom. The van der Waals surface area contributed by atoms with Crippen molar-refractivity contribution in [3.8, 4) is 0 Å². The summed E-state index contributed by atoms with van der Waals surface area (Å²) in [6.07, 6.45) is 12.8. The van der Waals surface area contributed by atoms with Gasteiger partial charge in [-0.05, 0) is 54.7 Å². The molecule has 0 bridgehead atoms. The molecular formula is C26H42O4. The van der Waals surface area contributed by atoms with Crippen LogP contribution in [-0.4, -0.2) is 22.2 Å². The number of aromatic carboxylic acids is 2. The Morgan fingerprint density at radius 2 is 1.20 bits per heavy atom. The first-order chi connectivity index (χ1) is 14.2. The van der Waals surface area contributed by atoms with Crippen molar-refractivity contribution in [1.29, 1.82) is 0 Å². The molecule has 0 aliphatic carbocycles. The lowest BCUT2D eigenvalue weighted by atomic mass is 9.89. The maximum atomic E-state index is 11.9. The van der Waals surface area contributed by atoms with E-state index < -0.39 is 11.9 Å². The minimum atomic E-state index is -1.16. The van der Waals surface area contributed by atoms with E-state index in [0.29, 0.717) is 12.3 Å². The van der Waals surface area contributed by atoms with E-state index in [9.17, 15) is 19.8 Å². The Hall–Kier alpha value is -1.84. The quantitative estimate of drug-likeness (QED) is 0.275. The fraction of sp³-hybridized carbons (Fsp3) is 0.692. The summed E-state index contributed by atoms with van der Waals surface area (Å²) in [5, 5.41) is 19.2. The summed E-state index contributed by atoms with van der Waals surface area (Å²) >= 11 is 0. The molecule has 0 unspecified atom stereocenters. The molecule has 0 amide bonds. The SMILES string of the molecule is CC(C)CCCCCCCc1c(CCCCCC(C)C)ccc(C(=O)O)c1C(=O)O. The summed E-state index contributed by atoms with van der Waals surface area (Å²) in [4.78, 5) is 23.5. The fourth-order valence-corrected chi connectivity index (χ4v) is 4.06. The number of carboxylic acids is 2. The zero-order chi connectivity index (χ0) is 22.5. The molecule has 4 heteroatoms. The van der Waals surface area contributed by atoms with Crippen LogP contribution in [0.4, 0.5) is 0 Å². The van der Waals surface area contributed by atoms with Crippen molar-refractivity contribution in [1.82, 2.24) is 0 Å². The smallest absolute Gasteiger partial charge is 0.336 e. The molecule has 0 atom stereocenters. The predicted octanol–water partition coefficient (Wildman–Crippen LogP) is 7.38. The number of hydrogen-bond acceptors (Lipinski definition) is 2. The van der Waals surface area contributed by atoms with Gasteiger partial charge in [-0.2, -0.15) is 0 Å². The molecule has 0 aliphatic rings. The lowest BCUT2D eigenvalue weighted by Gasteiger charge is -2.15. The first kappa shape index (κ1) is 26.2. The van der Waals surface area contributed by atoms with E-state index >= 15 is 0 Å². The van der Waals surface area contributed by atoms with Crippen molar-refractivity contribution in [3.05, 3.63) is 34.4 Å². The Balaban J connectivity index is 2.80. The standard InChI is InChI=1S/C26H42O4/c1-19(2)13-9-6-5-7-12-16-22-21(15-11-8-10-14-20(3)4)17-18-23(25(27)28)24(22)26(29)30/h17-20H,5-16H2,1-4H3,(H,27,28)(H,29,30). The maximum absolute atomic E-state index is 11.9. The molecule has 0 heterocycles. The second-order valence-corrected chi connectivity index (χ2v) is 9.43. The van der Waals surface area contributed by atoms with Gasteiger partial charge in [0.2, 0.25) is 0 Å². The zero-order valence-corrected chi connectivity index (χ0v) is 19.5. The average Bonchev–Trinajstić information content (AvgIpc) is 2.66. The van der Waals surface area contributed by atoms with Crippen LogP contribution in [0.3, 0.4) is 0 Å². The second-order valence-electron chi connectivity index (χ2n) is 9.43. The lowest BCUT2D eigenvalue weighted by Crippen LogP contribution is -2.14. The molecule has 0 aliphatic heterocycles. The third kappa shape index (κ3) is 9.77. The molecule has 0 fully saturated rings. The summed E-state index contributed by atoms with van der Waals surface area (Å²) < 4.78 is 0. The molecule has 2 N–H and O–H groups in total. The minimum Gasteiger partial charge on any atom is -0.478 e. The van der Waals surface area contributed by atoms with Gasteiger partial charge < -0.3 is 10.2 Å². The van der Waals surface area contributed by atoms with Gasteiger partial charge in [-0.15, -0.1) is 0 Å². The van der Waals surface area contributed by atoms with Crippen LogP contribution in [0.25, 0.3) is 0 Å². The highest BCUT2D eigenvalue weighted by Crippen LogP contribution is 2.25. The van der Waals surface area contributed by atoms with Crippen LogP contribution in [0.1, 0.15) is 124 Å². The molecule has 1 rings (SSSR count). The molecule has 170 valence electrons. The largest absolute Gasteiger partial charge is 0.478 e. The van der Waals surface area contributed by atoms with E-state index in [1.807, 2.05) is 6.07 Å². The van der Waals surface area contributed by atoms with Crippen LogP contribution >= 0.6 is 0 Å². The average molecular weight is 419 g/mol. The van der Waals surface area contributed by atoms with Gasteiger partial charge in [0, 0.05) is 0 Å². The molecule has 1 aromatic carbocycles. The van der Waals surface area contributed by atoms with Crippen molar-refractivity contribution >= 4 is 11.9 Å². The van der Waals surface area contributed by atoms with Gasteiger partial charge >= 0.3 is 11.9 Å². The van der Waals surface area contributed by atoms with Crippen LogP contribution in [0.2, 0.25) is 0 Å². The van der Waals surface area contributed by atoms with Crippen molar-refractivity contribution in [2.75, 3.05) is 0 Å². The Morgan fingerprint density at radius 1 is 0.700 bits per heavy atom.